The smallest absolute Gasteiger partial charge is 0.317 e. The van der Waals surface area contributed by atoms with Crippen molar-refractivity contribution in [3.05, 3.63) is 12.7 Å². The van der Waals surface area contributed by atoms with Gasteiger partial charge in [-0.15, -0.1) is 6.58 Å². The van der Waals surface area contributed by atoms with E-state index in [1.807, 2.05) is 4.90 Å². The summed E-state index contributed by atoms with van der Waals surface area (Å²) in [5.41, 5.74) is 0.153. The molecule has 0 aromatic carbocycles. The van der Waals surface area contributed by atoms with Gasteiger partial charge in [0.15, 0.2) is 0 Å². The van der Waals surface area contributed by atoms with Crippen LogP contribution < -0.4 is 5.32 Å². The van der Waals surface area contributed by atoms with Gasteiger partial charge in [0.25, 0.3) is 0 Å². The molecule has 0 aromatic heterocycles. The summed E-state index contributed by atoms with van der Waals surface area (Å²) >= 11 is 0. The van der Waals surface area contributed by atoms with Crippen molar-refractivity contribution < 1.29 is 13.2 Å². The van der Waals surface area contributed by atoms with Gasteiger partial charge in [0, 0.05) is 19.6 Å². The fourth-order valence-corrected chi connectivity index (χ4v) is 4.62. The van der Waals surface area contributed by atoms with E-state index in [0.717, 1.165) is 38.8 Å². The number of likely N-dealkylation sites (tertiary alicyclic amines) is 1. The van der Waals surface area contributed by atoms with E-state index >= 15 is 0 Å². The van der Waals surface area contributed by atoms with Gasteiger partial charge >= 0.3 is 6.03 Å². The molecule has 0 saturated carbocycles. The van der Waals surface area contributed by atoms with E-state index in [9.17, 15) is 13.2 Å². The van der Waals surface area contributed by atoms with E-state index in [2.05, 4.69) is 11.9 Å². The van der Waals surface area contributed by atoms with E-state index in [1.165, 1.54) is 0 Å². The fourth-order valence-electron chi connectivity index (χ4n) is 2.93. The van der Waals surface area contributed by atoms with E-state index < -0.39 is 9.84 Å². The SMILES string of the molecule is C=CCNC(=O)N1CCC2(CC1)CCS(=O)(=O)CC2. The molecule has 0 aromatic rings. The largest absolute Gasteiger partial charge is 0.335 e. The van der Waals surface area contributed by atoms with Gasteiger partial charge in [-0.1, -0.05) is 6.08 Å². The molecule has 2 aliphatic heterocycles. The minimum atomic E-state index is -2.80. The number of carbonyl (C=O) groups is 1. The number of amides is 2. The van der Waals surface area contributed by atoms with Crippen LogP contribution in [0.4, 0.5) is 4.79 Å². The van der Waals surface area contributed by atoms with Crippen LogP contribution in [0.5, 0.6) is 0 Å². The van der Waals surface area contributed by atoms with Crippen molar-refractivity contribution >= 4 is 15.9 Å². The molecule has 19 heavy (non-hydrogen) atoms. The Morgan fingerprint density at radius 1 is 1.21 bits per heavy atom. The molecular weight excluding hydrogens is 264 g/mol. The van der Waals surface area contributed by atoms with Crippen molar-refractivity contribution in [2.75, 3.05) is 31.1 Å². The molecule has 6 heteroatoms. The second-order valence-corrected chi connectivity index (χ2v) is 7.92. The highest BCUT2D eigenvalue weighted by atomic mass is 32.2. The molecule has 2 saturated heterocycles. The Morgan fingerprint density at radius 2 is 1.79 bits per heavy atom. The number of urea groups is 1. The Bertz CT molecular complexity index is 435. The van der Waals surface area contributed by atoms with Crippen LogP contribution in [0.3, 0.4) is 0 Å². The van der Waals surface area contributed by atoms with Crippen LogP contribution in [0, 0.1) is 5.41 Å². The minimum absolute atomic E-state index is 0.0434. The van der Waals surface area contributed by atoms with Crippen LogP contribution in [-0.2, 0) is 9.84 Å². The summed E-state index contributed by atoms with van der Waals surface area (Å²) in [4.78, 5) is 13.6. The maximum Gasteiger partial charge on any atom is 0.317 e. The maximum atomic E-state index is 11.8. The van der Waals surface area contributed by atoms with Gasteiger partial charge in [-0.05, 0) is 31.1 Å². The van der Waals surface area contributed by atoms with E-state index in [1.54, 1.807) is 6.08 Å². The molecule has 2 fully saturated rings. The average Bonchev–Trinajstić information content (AvgIpc) is 2.41. The second-order valence-electron chi connectivity index (χ2n) is 5.61. The predicted molar refractivity (Wildman–Crippen MR) is 74.7 cm³/mol. The zero-order valence-corrected chi connectivity index (χ0v) is 12.0. The molecule has 2 heterocycles. The maximum absolute atomic E-state index is 11.8. The van der Waals surface area contributed by atoms with Crippen LogP contribution >= 0.6 is 0 Å². The molecular formula is C13H22N2O3S. The van der Waals surface area contributed by atoms with Crippen molar-refractivity contribution in [2.45, 2.75) is 25.7 Å². The van der Waals surface area contributed by atoms with Gasteiger partial charge in [-0.2, -0.15) is 0 Å². The van der Waals surface area contributed by atoms with Gasteiger partial charge in [0.2, 0.25) is 0 Å². The second kappa shape index (κ2) is 5.53. The number of hydrogen-bond acceptors (Lipinski definition) is 3. The van der Waals surface area contributed by atoms with Gasteiger partial charge in [0.1, 0.15) is 9.84 Å². The Morgan fingerprint density at radius 3 is 2.32 bits per heavy atom. The highest BCUT2D eigenvalue weighted by molar-refractivity contribution is 7.91. The summed E-state index contributed by atoms with van der Waals surface area (Å²) < 4.78 is 23.0. The van der Waals surface area contributed by atoms with Gasteiger partial charge < -0.3 is 10.2 Å². The lowest BCUT2D eigenvalue weighted by Crippen LogP contribution is -2.49. The van der Waals surface area contributed by atoms with Crippen molar-refractivity contribution in [3.8, 4) is 0 Å². The lowest BCUT2D eigenvalue weighted by molar-refractivity contribution is 0.107. The standard InChI is InChI=1S/C13H22N2O3S/c1-2-7-14-12(16)15-8-3-13(4-9-15)5-10-19(17,18)11-6-13/h2H,1,3-11H2,(H,14,16). The Balaban J connectivity index is 1.85. The highest BCUT2D eigenvalue weighted by Crippen LogP contribution is 2.41. The minimum Gasteiger partial charge on any atom is -0.335 e. The van der Waals surface area contributed by atoms with E-state index in [-0.39, 0.29) is 11.4 Å². The van der Waals surface area contributed by atoms with Crippen molar-refractivity contribution in [1.82, 2.24) is 10.2 Å². The number of piperidine rings is 1. The molecule has 0 unspecified atom stereocenters. The monoisotopic (exact) mass is 286 g/mol. The van der Waals surface area contributed by atoms with Gasteiger partial charge in [-0.3, -0.25) is 0 Å². The molecule has 2 amide bonds. The number of hydrogen-bond donors (Lipinski definition) is 1. The van der Waals surface area contributed by atoms with E-state index in [0.29, 0.717) is 18.1 Å². The normalized spacial score (nSPS) is 24.9. The summed E-state index contributed by atoms with van der Waals surface area (Å²) in [7, 11) is -2.80. The summed E-state index contributed by atoms with van der Waals surface area (Å²) in [6.45, 7) is 5.50. The molecule has 0 aliphatic carbocycles. The zero-order valence-electron chi connectivity index (χ0n) is 11.2. The number of nitrogens with zero attached hydrogens (tertiary/aromatic N) is 1. The molecule has 108 valence electrons. The van der Waals surface area contributed by atoms with Crippen LogP contribution in [0.1, 0.15) is 25.7 Å². The summed E-state index contributed by atoms with van der Waals surface area (Å²) in [5.74, 6) is 0.630. The Kier molecular flexibility index (Phi) is 4.18. The highest BCUT2D eigenvalue weighted by Gasteiger charge is 2.40. The van der Waals surface area contributed by atoms with Crippen molar-refractivity contribution in [2.24, 2.45) is 5.41 Å². The lowest BCUT2D eigenvalue weighted by Gasteiger charge is -2.43. The fraction of sp³-hybridized carbons (Fsp3) is 0.769. The molecule has 2 rings (SSSR count). The summed E-state index contributed by atoms with van der Waals surface area (Å²) in [6, 6.07) is -0.0434. The van der Waals surface area contributed by atoms with Gasteiger partial charge in [-0.25, -0.2) is 13.2 Å². The van der Waals surface area contributed by atoms with Crippen molar-refractivity contribution in [1.29, 1.82) is 0 Å². The third kappa shape index (κ3) is 3.49. The summed E-state index contributed by atoms with van der Waals surface area (Å²) in [6.07, 6.45) is 5.03. The first kappa shape index (κ1) is 14.4. The number of nitrogens with one attached hydrogen (secondary N) is 1. The Hall–Kier alpha value is -1.04. The number of sulfone groups is 1. The summed E-state index contributed by atoms with van der Waals surface area (Å²) in [5, 5.41) is 2.78. The quantitative estimate of drug-likeness (QED) is 0.775. The molecule has 5 nitrogen and oxygen atoms in total. The predicted octanol–water partition coefficient (Wildman–Crippen LogP) is 1.17. The average molecular weight is 286 g/mol. The van der Waals surface area contributed by atoms with Crippen molar-refractivity contribution in [3.63, 3.8) is 0 Å². The molecule has 2 aliphatic rings. The first-order valence-electron chi connectivity index (χ1n) is 6.81. The van der Waals surface area contributed by atoms with Crippen LogP contribution in [0.15, 0.2) is 12.7 Å². The number of rotatable bonds is 2. The van der Waals surface area contributed by atoms with Gasteiger partial charge in [0.05, 0.1) is 11.5 Å². The molecule has 0 bridgehead atoms. The third-order valence-corrected chi connectivity index (χ3v) is 6.05. The van der Waals surface area contributed by atoms with E-state index in [4.69, 9.17) is 0 Å². The third-order valence-electron chi connectivity index (χ3n) is 4.40. The van der Waals surface area contributed by atoms with Crippen LogP contribution in [0.2, 0.25) is 0 Å². The Labute approximate surface area is 115 Å². The zero-order chi connectivity index (χ0) is 13.9. The topological polar surface area (TPSA) is 66.5 Å². The van der Waals surface area contributed by atoms with Crippen LogP contribution in [0.25, 0.3) is 0 Å². The lowest BCUT2D eigenvalue weighted by atomic mass is 9.74. The van der Waals surface area contributed by atoms with Crippen LogP contribution in [-0.4, -0.2) is 50.5 Å². The molecule has 0 atom stereocenters. The first-order chi connectivity index (χ1) is 8.96. The first-order valence-corrected chi connectivity index (χ1v) is 8.63. The number of carbonyl (C=O) groups excluding carboxylic acids is 1. The molecule has 1 N–H and O–H groups in total. The molecule has 1 spiro atoms. The molecule has 0 radical (unpaired) electrons.